The predicted molar refractivity (Wildman–Crippen MR) is 74.8 cm³/mol. The number of carbonyl (C=O) groups excluding carboxylic acids is 3. The molecule has 2 heterocycles. The molecule has 1 aromatic rings. The zero-order valence-corrected chi connectivity index (χ0v) is 12.0. The summed E-state index contributed by atoms with van der Waals surface area (Å²) in [5, 5.41) is 0. The van der Waals surface area contributed by atoms with Gasteiger partial charge in [0.25, 0.3) is 0 Å². The summed E-state index contributed by atoms with van der Waals surface area (Å²) in [6.07, 6.45) is -0.688. The minimum absolute atomic E-state index is 0.151. The van der Waals surface area contributed by atoms with Gasteiger partial charge in [-0.3, -0.25) is 19.4 Å². The number of alkyl halides is 1. The number of fused-ring (bicyclic) bond motifs is 1. The van der Waals surface area contributed by atoms with Gasteiger partial charge in [0.1, 0.15) is 0 Å². The molecule has 3 amide bonds. The third-order valence-corrected chi connectivity index (χ3v) is 3.93. The molecule has 0 aromatic heterocycles. The molecule has 7 heteroatoms. The van der Waals surface area contributed by atoms with Crippen LogP contribution in [0.15, 0.2) is 24.3 Å². The summed E-state index contributed by atoms with van der Waals surface area (Å²) < 4.78 is 19.9. The second-order valence-electron chi connectivity index (χ2n) is 5.42. The van der Waals surface area contributed by atoms with E-state index in [1.54, 1.807) is 24.3 Å². The van der Waals surface area contributed by atoms with Crippen LogP contribution in [0.4, 0.5) is 14.9 Å². The molecule has 0 aliphatic carbocycles. The molecule has 0 radical (unpaired) electrons. The number of carbonyl (C=O) groups is 3. The van der Waals surface area contributed by atoms with Gasteiger partial charge in [-0.1, -0.05) is 18.2 Å². The Hall–Kier alpha value is -2.44. The summed E-state index contributed by atoms with van der Waals surface area (Å²) in [6, 6.07) is 6.67. The molecule has 2 aliphatic heterocycles. The van der Waals surface area contributed by atoms with E-state index in [0.29, 0.717) is 17.7 Å². The van der Waals surface area contributed by atoms with Gasteiger partial charge in [0.2, 0.25) is 5.91 Å². The van der Waals surface area contributed by atoms with Gasteiger partial charge in [0.05, 0.1) is 12.1 Å². The van der Waals surface area contributed by atoms with Crippen molar-refractivity contribution in [2.45, 2.75) is 25.1 Å². The molecule has 116 valence electrons. The number of halogens is 1. The van der Waals surface area contributed by atoms with Crippen LogP contribution in [0.5, 0.6) is 0 Å². The summed E-state index contributed by atoms with van der Waals surface area (Å²) in [5.74, 6) is -4.41. The summed E-state index contributed by atoms with van der Waals surface area (Å²) in [5.41, 5.74) is 0.950. The number of benzene rings is 1. The minimum Gasteiger partial charge on any atom is -0.402 e. The number of imide groups is 1. The van der Waals surface area contributed by atoms with Crippen LogP contribution < -0.4 is 4.90 Å². The molecule has 1 aromatic carbocycles. The number of anilines is 1. The third kappa shape index (κ3) is 2.22. The molecule has 1 atom stereocenters. The lowest BCUT2D eigenvalue weighted by Gasteiger charge is -2.26. The van der Waals surface area contributed by atoms with Crippen molar-refractivity contribution >= 4 is 23.6 Å². The number of likely N-dealkylation sites (tertiary alicyclic amines) is 1. The average Bonchev–Trinajstić information content (AvgIpc) is 2.88. The Bertz CT molecular complexity index is 663. The maximum absolute atomic E-state index is 15.1. The zero-order valence-electron chi connectivity index (χ0n) is 12.0. The highest BCUT2D eigenvalue weighted by atomic mass is 19.2. The number of hydrogen-bond donors (Lipinski definition) is 0. The van der Waals surface area contributed by atoms with Crippen molar-refractivity contribution in [3.8, 4) is 0 Å². The van der Waals surface area contributed by atoms with E-state index in [0.717, 1.165) is 9.80 Å². The van der Waals surface area contributed by atoms with Gasteiger partial charge in [-0.25, -0.2) is 4.79 Å². The van der Waals surface area contributed by atoms with Crippen LogP contribution in [0.25, 0.3) is 0 Å². The summed E-state index contributed by atoms with van der Waals surface area (Å²) in [7, 11) is 1.44. The number of nitrogens with zero attached hydrogens (tertiary/aromatic N) is 2. The predicted octanol–water partition coefficient (Wildman–Crippen LogP) is 1.63. The number of cyclic esters (lactones) is 1. The second-order valence-corrected chi connectivity index (χ2v) is 5.42. The SMILES string of the molecule is CN1C(=O)OC(F)(C(=O)N2CCCC2=O)Cc2ccccc21. The number of para-hydroxylation sites is 1. The molecule has 1 unspecified atom stereocenters. The molecule has 0 saturated carbocycles. The molecule has 6 nitrogen and oxygen atoms in total. The van der Waals surface area contributed by atoms with E-state index in [2.05, 4.69) is 0 Å². The van der Waals surface area contributed by atoms with Crippen LogP contribution in [0.1, 0.15) is 18.4 Å². The quantitative estimate of drug-likeness (QED) is 0.740. The van der Waals surface area contributed by atoms with E-state index in [-0.39, 0.29) is 13.0 Å². The van der Waals surface area contributed by atoms with Gasteiger partial charge >= 0.3 is 17.9 Å². The van der Waals surface area contributed by atoms with Gasteiger partial charge in [0.15, 0.2) is 0 Å². The fourth-order valence-corrected chi connectivity index (χ4v) is 2.76. The van der Waals surface area contributed by atoms with Gasteiger partial charge < -0.3 is 4.74 Å². The lowest BCUT2D eigenvalue weighted by molar-refractivity contribution is -0.173. The molecule has 0 bridgehead atoms. The monoisotopic (exact) mass is 306 g/mol. The first-order valence-corrected chi connectivity index (χ1v) is 7.01. The fraction of sp³-hybridized carbons (Fsp3) is 0.400. The summed E-state index contributed by atoms with van der Waals surface area (Å²) >= 11 is 0. The van der Waals surface area contributed by atoms with E-state index in [1.807, 2.05) is 0 Å². The van der Waals surface area contributed by atoms with Crippen molar-refractivity contribution in [3.63, 3.8) is 0 Å². The van der Waals surface area contributed by atoms with Crippen molar-refractivity contribution in [1.82, 2.24) is 4.90 Å². The van der Waals surface area contributed by atoms with Crippen LogP contribution in [0, 0.1) is 0 Å². The van der Waals surface area contributed by atoms with Crippen molar-refractivity contribution in [3.05, 3.63) is 29.8 Å². The standard InChI is InChI=1S/C15H15FN2O4/c1-17-11-6-3-2-5-10(11)9-15(16,22-14(17)21)13(20)18-8-4-7-12(18)19/h2-3,5-6H,4,7-9H2,1H3. The van der Waals surface area contributed by atoms with Crippen LogP contribution in [0.2, 0.25) is 0 Å². The van der Waals surface area contributed by atoms with Crippen LogP contribution in [-0.2, 0) is 20.7 Å². The smallest absolute Gasteiger partial charge is 0.402 e. The first-order valence-electron chi connectivity index (χ1n) is 7.01. The molecule has 3 rings (SSSR count). The Balaban J connectivity index is 1.98. The molecular weight excluding hydrogens is 291 g/mol. The number of amides is 3. The topological polar surface area (TPSA) is 66.9 Å². The largest absolute Gasteiger partial charge is 0.417 e. The van der Waals surface area contributed by atoms with E-state index < -0.39 is 30.2 Å². The first-order chi connectivity index (χ1) is 10.4. The summed E-state index contributed by atoms with van der Waals surface area (Å²) in [4.78, 5) is 38.0. The van der Waals surface area contributed by atoms with Crippen LogP contribution >= 0.6 is 0 Å². The van der Waals surface area contributed by atoms with E-state index in [1.165, 1.54) is 7.05 Å². The Morgan fingerprint density at radius 3 is 2.73 bits per heavy atom. The molecule has 22 heavy (non-hydrogen) atoms. The first kappa shape index (κ1) is 14.5. The molecule has 0 spiro atoms. The molecule has 0 N–H and O–H groups in total. The fourth-order valence-electron chi connectivity index (χ4n) is 2.76. The zero-order chi connectivity index (χ0) is 15.9. The minimum atomic E-state index is -2.86. The lowest BCUT2D eigenvalue weighted by Crippen LogP contribution is -2.50. The highest BCUT2D eigenvalue weighted by Crippen LogP contribution is 2.33. The van der Waals surface area contributed by atoms with Crippen molar-refractivity contribution in [2.75, 3.05) is 18.5 Å². The Morgan fingerprint density at radius 1 is 1.32 bits per heavy atom. The van der Waals surface area contributed by atoms with Crippen molar-refractivity contribution in [1.29, 1.82) is 0 Å². The molecule has 1 fully saturated rings. The van der Waals surface area contributed by atoms with Gasteiger partial charge in [-0.2, -0.15) is 4.39 Å². The third-order valence-electron chi connectivity index (χ3n) is 3.93. The van der Waals surface area contributed by atoms with Gasteiger partial charge in [0, 0.05) is 20.0 Å². The van der Waals surface area contributed by atoms with Crippen LogP contribution in [-0.4, -0.2) is 42.3 Å². The van der Waals surface area contributed by atoms with Crippen molar-refractivity contribution < 1.29 is 23.5 Å². The maximum Gasteiger partial charge on any atom is 0.417 e. The maximum atomic E-state index is 15.1. The second kappa shape index (κ2) is 5.08. The van der Waals surface area contributed by atoms with Crippen LogP contribution in [0.3, 0.4) is 0 Å². The molecule has 2 aliphatic rings. The number of ether oxygens (including phenoxy) is 1. The Labute approximate surface area is 126 Å². The Morgan fingerprint density at radius 2 is 2.05 bits per heavy atom. The van der Waals surface area contributed by atoms with Gasteiger partial charge in [-0.05, 0) is 18.1 Å². The average molecular weight is 306 g/mol. The lowest BCUT2D eigenvalue weighted by atomic mass is 10.0. The van der Waals surface area contributed by atoms with Gasteiger partial charge in [-0.15, -0.1) is 0 Å². The Kier molecular flexibility index (Phi) is 3.35. The molecular formula is C15H15FN2O4. The summed E-state index contributed by atoms with van der Waals surface area (Å²) in [6.45, 7) is 0.151. The number of hydrogen-bond acceptors (Lipinski definition) is 4. The van der Waals surface area contributed by atoms with E-state index >= 15 is 4.39 Å². The van der Waals surface area contributed by atoms with E-state index in [4.69, 9.17) is 4.74 Å². The van der Waals surface area contributed by atoms with Crippen molar-refractivity contribution in [2.24, 2.45) is 0 Å². The number of rotatable bonds is 1. The molecule has 1 saturated heterocycles. The highest BCUT2D eigenvalue weighted by molar-refractivity contribution is 6.02. The van der Waals surface area contributed by atoms with E-state index in [9.17, 15) is 14.4 Å². The normalized spacial score (nSPS) is 24.8. The highest BCUT2D eigenvalue weighted by Gasteiger charge is 2.50.